The second-order valence-corrected chi connectivity index (χ2v) is 9.73. The van der Waals surface area contributed by atoms with Crippen LogP contribution in [0.5, 0.6) is 0 Å². The van der Waals surface area contributed by atoms with E-state index in [9.17, 15) is 19.2 Å². The molecule has 0 aromatic heterocycles. The van der Waals surface area contributed by atoms with E-state index < -0.39 is 47.9 Å². The first kappa shape index (κ1) is 29.5. The lowest BCUT2D eigenvalue weighted by atomic mass is 9.98. The monoisotopic (exact) mass is 486 g/mol. The summed E-state index contributed by atoms with van der Waals surface area (Å²) in [7, 11) is 0. The second kappa shape index (κ2) is 12.8. The molecule has 0 saturated heterocycles. The van der Waals surface area contributed by atoms with E-state index in [-0.39, 0.29) is 6.04 Å². The smallest absolute Gasteiger partial charge is 0.408 e. The number of ether oxygens (including phenoxy) is 1. The summed E-state index contributed by atoms with van der Waals surface area (Å²) in [5.74, 6) is -2.14. The van der Waals surface area contributed by atoms with Crippen LogP contribution < -0.4 is 16.4 Å². The van der Waals surface area contributed by atoms with Gasteiger partial charge in [-0.3, -0.25) is 19.3 Å². The first-order chi connectivity index (χ1) is 16.2. The number of benzene rings is 1. The molecule has 1 aromatic carbocycles. The maximum Gasteiger partial charge on any atom is 0.408 e. The van der Waals surface area contributed by atoms with E-state index in [4.69, 9.17) is 16.9 Å². The molecule has 9 nitrogen and oxygen atoms in total. The molecule has 4 amide bonds. The van der Waals surface area contributed by atoms with Gasteiger partial charge in [0.1, 0.15) is 17.7 Å². The third-order valence-electron chi connectivity index (χ3n) is 4.95. The Balaban J connectivity index is 3.45. The zero-order chi connectivity index (χ0) is 26.9. The van der Waals surface area contributed by atoms with Gasteiger partial charge in [0.2, 0.25) is 11.8 Å². The second-order valence-electron chi connectivity index (χ2n) is 9.73. The molecule has 0 bridgehead atoms. The normalized spacial score (nSPS) is 13.5. The number of nitrogens with one attached hydrogen (secondary N) is 2. The molecule has 3 atom stereocenters. The predicted molar refractivity (Wildman–Crippen MR) is 134 cm³/mol. The summed E-state index contributed by atoms with van der Waals surface area (Å²) in [6.45, 7) is 12.6. The Morgan fingerprint density at radius 1 is 1.11 bits per heavy atom. The fourth-order valence-electron chi connectivity index (χ4n) is 3.70. The molecule has 0 saturated carbocycles. The van der Waals surface area contributed by atoms with E-state index in [2.05, 4.69) is 16.7 Å². The van der Waals surface area contributed by atoms with Gasteiger partial charge in [0, 0.05) is 12.1 Å². The number of terminal acetylenes is 1. The Labute approximate surface area is 208 Å². The van der Waals surface area contributed by atoms with Crippen molar-refractivity contribution in [2.75, 3.05) is 0 Å². The number of amides is 4. The molecule has 3 unspecified atom stereocenters. The average Bonchev–Trinajstić information content (AvgIpc) is 2.68. The van der Waals surface area contributed by atoms with Crippen LogP contribution in [0.25, 0.3) is 0 Å². The summed E-state index contributed by atoms with van der Waals surface area (Å²) in [5, 5.41) is 5.28. The molecule has 9 heteroatoms. The number of hydrogen-bond donors (Lipinski definition) is 3. The quantitative estimate of drug-likeness (QED) is 0.346. The van der Waals surface area contributed by atoms with Gasteiger partial charge < -0.3 is 21.1 Å². The van der Waals surface area contributed by atoms with Crippen molar-refractivity contribution in [3.63, 3.8) is 0 Å². The first-order valence-corrected chi connectivity index (χ1v) is 11.6. The number of nitrogens with two attached hydrogens (primary N) is 1. The van der Waals surface area contributed by atoms with Crippen molar-refractivity contribution < 1.29 is 23.9 Å². The Hall–Kier alpha value is -3.54. The Morgan fingerprint density at radius 3 is 2.14 bits per heavy atom. The molecule has 0 aliphatic rings. The predicted octanol–water partition coefficient (Wildman–Crippen LogP) is 2.84. The zero-order valence-electron chi connectivity index (χ0n) is 21.7. The third kappa shape index (κ3) is 9.69. The van der Waals surface area contributed by atoms with Crippen molar-refractivity contribution in [3.05, 3.63) is 34.9 Å². The van der Waals surface area contributed by atoms with Crippen molar-refractivity contribution in [2.24, 2.45) is 5.73 Å². The van der Waals surface area contributed by atoms with Crippen molar-refractivity contribution in [2.45, 2.75) is 91.5 Å². The lowest BCUT2D eigenvalue weighted by Gasteiger charge is -2.31. The van der Waals surface area contributed by atoms with Crippen molar-refractivity contribution >= 4 is 23.8 Å². The van der Waals surface area contributed by atoms with Crippen molar-refractivity contribution in [1.29, 1.82) is 0 Å². The molecule has 0 heterocycles. The number of hydrogen-bond acceptors (Lipinski definition) is 5. The van der Waals surface area contributed by atoms with E-state index in [0.717, 1.165) is 28.9 Å². The SMILES string of the molecule is C#CN(C(=O)C(CC(N)=O)NC(=O)OC(C)(C)C)C(C(=O)NC(C)CCC)c1cc(C)cc(C)c1. The van der Waals surface area contributed by atoms with E-state index in [1.165, 1.54) is 0 Å². The van der Waals surface area contributed by atoms with Crippen molar-refractivity contribution in [1.82, 2.24) is 15.5 Å². The maximum atomic E-state index is 13.5. The van der Waals surface area contributed by atoms with Crippen LogP contribution >= 0.6 is 0 Å². The summed E-state index contributed by atoms with van der Waals surface area (Å²) in [5.41, 5.74) is 6.75. The molecular weight excluding hydrogens is 448 g/mol. The molecule has 0 radical (unpaired) electrons. The summed E-state index contributed by atoms with van der Waals surface area (Å²) in [4.78, 5) is 51.9. The molecule has 0 aliphatic carbocycles. The number of alkyl carbamates (subject to hydrolysis) is 1. The molecule has 0 aliphatic heterocycles. The molecule has 0 fully saturated rings. The maximum absolute atomic E-state index is 13.5. The van der Waals surface area contributed by atoms with Crippen LogP contribution in [0, 0.1) is 26.3 Å². The number of nitrogens with zero attached hydrogens (tertiary/aromatic N) is 1. The molecule has 192 valence electrons. The van der Waals surface area contributed by atoms with Gasteiger partial charge in [-0.1, -0.05) is 49.1 Å². The van der Waals surface area contributed by atoms with Crippen molar-refractivity contribution in [3.8, 4) is 12.5 Å². The van der Waals surface area contributed by atoms with E-state index in [1.54, 1.807) is 32.9 Å². The van der Waals surface area contributed by atoms with Crippen LogP contribution in [0.1, 0.15) is 76.6 Å². The van der Waals surface area contributed by atoms with E-state index >= 15 is 0 Å². The Bertz CT molecular complexity index is 957. The molecule has 0 spiro atoms. The molecule has 35 heavy (non-hydrogen) atoms. The molecular formula is C26H38N4O5. The van der Waals surface area contributed by atoms with Gasteiger partial charge in [0.25, 0.3) is 5.91 Å². The number of carbonyl (C=O) groups excluding carboxylic acids is 4. The summed E-state index contributed by atoms with van der Waals surface area (Å²) < 4.78 is 5.21. The highest BCUT2D eigenvalue weighted by molar-refractivity contribution is 5.95. The summed E-state index contributed by atoms with van der Waals surface area (Å²) in [6.07, 6.45) is 5.88. The fourth-order valence-corrected chi connectivity index (χ4v) is 3.70. The van der Waals surface area contributed by atoms with Gasteiger partial charge in [-0.05, 0) is 53.5 Å². The molecule has 1 aromatic rings. The van der Waals surface area contributed by atoms with E-state index in [1.807, 2.05) is 33.8 Å². The van der Waals surface area contributed by atoms with Crippen LogP contribution in [0.15, 0.2) is 18.2 Å². The Kier molecular flexibility index (Phi) is 10.8. The van der Waals surface area contributed by atoms with Gasteiger partial charge in [-0.15, -0.1) is 0 Å². The van der Waals surface area contributed by atoms with Gasteiger partial charge >= 0.3 is 6.09 Å². The highest BCUT2D eigenvalue weighted by atomic mass is 16.6. The first-order valence-electron chi connectivity index (χ1n) is 11.6. The van der Waals surface area contributed by atoms with Gasteiger partial charge in [-0.2, -0.15) is 0 Å². The van der Waals surface area contributed by atoms with Crippen LogP contribution in [0.3, 0.4) is 0 Å². The minimum absolute atomic E-state index is 0.156. The molecule has 1 rings (SSSR count). The van der Waals surface area contributed by atoms with E-state index in [0.29, 0.717) is 5.56 Å². The highest BCUT2D eigenvalue weighted by Crippen LogP contribution is 2.25. The van der Waals surface area contributed by atoms with Gasteiger partial charge in [0.15, 0.2) is 0 Å². The number of aryl methyl sites for hydroxylation is 2. The Morgan fingerprint density at radius 2 is 1.69 bits per heavy atom. The zero-order valence-corrected chi connectivity index (χ0v) is 21.7. The number of carbonyl (C=O) groups is 4. The number of rotatable bonds is 10. The minimum Gasteiger partial charge on any atom is -0.444 e. The highest BCUT2D eigenvalue weighted by Gasteiger charge is 2.37. The fraction of sp³-hybridized carbons (Fsp3) is 0.538. The minimum atomic E-state index is -1.42. The lowest BCUT2D eigenvalue weighted by molar-refractivity contribution is -0.139. The average molecular weight is 487 g/mol. The van der Waals surface area contributed by atoms with Crippen LogP contribution in [-0.2, 0) is 19.1 Å². The largest absolute Gasteiger partial charge is 0.444 e. The van der Waals surface area contributed by atoms with Gasteiger partial charge in [-0.25, -0.2) is 4.79 Å². The lowest BCUT2D eigenvalue weighted by Crippen LogP contribution is -2.53. The van der Waals surface area contributed by atoms with Gasteiger partial charge in [0.05, 0.1) is 6.42 Å². The third-order valence-corrected chi connectivity index (χ3v) is 4.95. The van der Waals surface area contributed by atoms with Crippen LogP contribution in [0.4, 0.5) is 4.79 Å². The topological polar surface area (TPSA) is 131 Å². The summed E-state index contributed by atoms with van der Waals surface area (Å²) >= 11 is 0. The number of primary amides is 1. The standard InChI is InChI=1S/C26H38N4O5/c1-9-11-18(5)28-23(32)22(19-13-16(3)12-17(4)14-19)30(10-2)24(33)20(15-21(27)31)29-25(34)35-26(6,7)8/h2,12-14,18,20,22H,9,11,15H2,1,3-8H3,(H2,27,31)(H,28,32)(H,29,34). The van der Waals surface area contributed by atoms with Crippen LogP contribution in [-0.4, -0.2) is 46.4 Å². The molecule has 4 N–H and O–H groups in total. The van der Waals surface area contributed by atoms with Crippen LogP contribution in [0.2, 0.25) is 0 Å². The summed E-state index contributed by atoms with van der Waals surface area (Å²) in [6, 6.07) is 4.97.